The van der Waals surface area contributed by atoms with E-state index in [4.69, 9.17) is 22.1 Å². The molecular weight excluding hydrogens is 400 g/mol. The summed E-state index contributed by atoms with van der Waals surface area (Å²) < 4.78 is 5.50. The molecule has 122 valence electrons. The zero-order valence-electron chi connectivity index (χ0n) is 12.3. The van der Waals surface area contributed by atoms with Crippen LogP contribution in [0.5, 0.6) is 11.5 Å². The third kappa shape index (κ3) is 2.78. The number of aromatic hydroxyl groups is 1. The van der Waals surface area contributed by atoms with E-state index < -0.39 is 5.56 Å². The van der Waals surface area contributed by atoms with Crippen molar-refractivity contribution in [2.75, 3.05) is 12.3 Å². The fourth-order valence-electron chi connectivity index (χ4n) is 2.15. The maximum Gasteiger partial charge on any atom is 0.268 e. The molecule has 0 atom stereocenters. The molecule has 1 aromatic heterocycles. The molecule has 1 heterocycles. The Kier molecular flexibility index (Phi) is 5.03. The second-order valence-corrected chi connectivity index (χ2v) is 5.72. The Morgan fingerprint density at radius 2 is 2.04 bits per heavy atom. The number of phenols is 1. The Balaban J connectivity index is 3.00. The molecule has 2 rings (SSSR count). The number of nitrogens with zero attached hydrogens (tertiary/aromatic N) is 2. The topological polar surface area (TPSA) is 136 Å². The fraction of sp³-hybridized carbons (Fsp3) is 0.133. The van der Waals surface area contributed by atoms with Gasteiger partial charge in [0.15, 0.2) is 11.5 Å². The number of hydrogen-bond donors (Lipinski definition) is 3. The molecule has 0 radical (unpaired) electrons. The van der Waals surface area contributed by atoms with Gasteiger partial charge in [0.1, 0.15) is 34.1 Å². The number of hydrogen-bond acceptors (Lipinski definition) is 6. The summed E-state index contributed by atoms with van der Waals surface area (Å²) in [4.78, 5) is 14.3. The van der Waals surface area contributed by atoms with E-state index in [9.17, 15) is 20.4 Å². The van der Waals surface area contributed by atoms with Crippen molar-refractivity contribution in [3.63, 3.8) is 0 Å². The number of halogens is 2. The molecule has 7 nitrogen and oxygen atoms in total. The fourth-order valence-corrected chi connectivity index (χ4v) is 2.85. The number of nitriles is 2. The largest absolute Gasteiger partial charge is 0.503 e. The van der Waals surface area contributed by atoms with E-state index in [-0.39, 0.29) is 55.7 Å². The molecule has 0 fully saturated rings. The Hall–Kier alpha value is -2.68. The summed E-state index contributed by atoms with van der Waals surface area (Å²) in [5.41, 5.74) is 4.81. The van der Waals surface area contributed by atoms with Crippen LogP contribution in [0.2, 0.25) is 5.02 Å². The predicted octanol–water partition coefficient (Wildman–Crippen LogP) is 2.89. The molecular formula is C15H10BrClN4O3. The van der Waals surface area contributed by atoms with Gasteiger partial charge < -0.3 is 20.6 Å². The normalized spacial score (nSPS) is 10.0. The second kappa shape index (κ2) is 6.83. The van der Waals surface area contributed by atoms with Crippen LogP contribution in [0, 0.1) is 22.7 Å². The number of phenolic OH excluding ortho intramolecular Hbond substituents is 1. The number of benzene rings is 1. The molecule has 0 unspecified atom stereocenters. The minimum absolute atomic E-state index is 0.0102. The van der Waals surface area contributed by atoms with Gasteiger partial charge in [-0.25, -0.2) is 0 Å². The van der Waals surface area contributed by atoms with E-state index in [1.807, 2.05) is 6.07 Å². The Morgan fingerprint density at radius 1 is 1.42 bits per heavy atom. The van der Waals surface area contributed by atoms with E-state index in [0.717, 1.165) is 0 Å². The van der Waals surface area contributed by atoms with Gasteiger partial charge in [-0.2, -0.15) is 10.5 Å². The molecule has 0 aliphatic rings. The van der Waals surface area contributed by atoms with Crippen molar-refractivity contribution in [2.24, 2.45) is 0 Å². The third-order valence-electron chi connectivity index (χ3n) is 3.18. The highest BCUT2D eigenvalue weighted by Crippen LogP contribution is 2.46. The number of pyridine rings is 1. The first-order valence-corrected chi connectivity index (χ1v) is 7.74. The van der Waals surface area contributed by atoms with Crippen LogP contribution < -0.4 is 16.0 Å². The van der Waals surface area contributed by atoms with Gasteiger partial charge in [-0.1, -0.05) is 11.6 Å². The number of nitrogens with one attached hydrogen (secondary N) is 1. The summed E-state index contributed by atoms with van der Waals surface area (Å²) in [5.74, 6) is -0.429. The van der Waals surface area contributed by atoms with Crippen LogP contribution >= 0.6 is 27.5 Å². The highest BCUT2D eigenvalue weighted by Gasteiger charge is 2.24. The van der Waals surface area contributed by atoms with E-state index >= 15 is 0 Å². The molecule has 0 saturated carbocycles. The Bertz CT molecular complexity index is 973. The summed E-state index contributed by atoms with van der Waals surface area (Å²) in [6.07, 6.45) is 0. The standard InChI is InChI=1S/C15H10BrClN4O3/c1-2-24-9-3-6(11(16)12(17)13(9)22)10-7(4-18)14(20)21-15(23)8(10)5-19/h3,22H,2H2,1H3,(H3,20,21,23). The number of ether oxygens (including phenoxy) is 1. The minimum Gasteiger partial charge on any atom is -0.503 e. The summed E-state index contributed by atoms with van der Waals surface area (Å²) >= 11 is 9.29. The van der Waals surface area contributed by atoms with Crippen molar-refractivity contribution in [2.45, 2.75) is 6.92 Å². The predicted molar refractivity (Wildman–Crippen MR) is 91.9 cm³/mol. The quantitative estimate of drug-likeness (QED) is 0.713. The Labute approximate surface area is 150 Å². The smallest absolute Gasteiger partial charge is 0.268 e. The molecule has 2 aromatic rings. The highest BCUT2D eigenvalue weighted by molar-refractivity contribution is 9.10. The van der Waals surface area contributed by atoms with Crippen molar-refractivity contribution in [3.8, 4) is 34.8 Å². The number of anilines is 1. The molecule has 0 bridgehead atoms. The lowest BCUT2D eigenvalue weighted by Gasteiger charge is -2.15. The summed E-state index contributed by atoms with van der Waals surface area (Å²) in [7, 11) is 0. The average molecular weight is 410 g/mol. The molecule has 9 heteroatoms. The van der Waals surface area contributed by atoms with E-state index in [1.165, 1.54) is 6.07 Å². The van der Waals surface area contributed by atoms with Gasteiger partial charge in [-0.3, -0.25) is 4.79 Å². The van der Waals surface area contributed by atoms with Gasteiger partial charge in [0.25, 0.3) is 5.56 Å². The third-order valence-corrected chi connectivity index (χ3v) is 4.60. The van der Waals surface area contributed by atoms with Gasteiger partial charge >= 0.3 is 0 Å². The molecule has 0 amide bonds. The summed E-state index contributed by atoms with van der Waals surface area (Å²) in [6, 6.07) is 5.00. The second-order valence-electron chi connectivity index (χ2n) is 4.55. The van der Waals surface area contributed by atoms with Crippen LogP contribution in [0.1, 0.15) is 18.1 Å². The van der Waals surface area contributed by atoms with Crippen molar-refractivity contribution in [3.05, 3.63) is 37.0 Å². The van der Waals surface area contributed by atoms with Crippen LogP contribution in [0.15, 0.2) is 15.3 Å². The van der Waals surface area contributed by atoms with Crippen LogP contribution in [-0.4, -0.2) is 16.7 Å². The van der Waals surface area contributed by atoms with Gasteiger partial charge in [-0.15, -0.1) is 0 Å². The van der Waals surface area contributed by atoms with Crippen LogP contribution in [0.4, 0.5) is 5.82 Å². The summed E-state index contributed by atoms with van der Waals surface area (Å²) in [5, 5.41) is 28.6. The molecule has 0 aliphatic heterocycles. The van der Waals surface area contributed by atoms with E-state index in [0.29, 0.717) is 0 Å². The molecule has 0 saturated heterocycles. The minimum atomic E-state index is -0.738. The first-order chi connectivity index (χ1) is 11.4. The maximum absolute atomic E-state index is 12.0. The number of rotatable bonds is 3. The van der Waals surface area contributed by atoms with Crippen molar-refractivity contribution in [1.29, 1.82) is 10.5 Å². The van der Waals surface area contributed by atoms with E-state index in [2.05, 4.69) is 20.9 Å². The summed E-state index contributed by atoms with van der Waals surface area (Å²) in [6.45, 7) is 1.96. The molecule has 1 aromatic carbocycles. The van der Waals surface area contributed by atoms with E-state index in [1.54, 1.807) is 13.0 Å². The van der Waals surface area contributed by atoms with Gasteiger partial charge in [0.05, 0.1) is 6.61 Å². The average Bonchev–Trinajstić information content (AvgIpc) is 2.55. The number of nitrogens with two attached hydrogens (primary N) is 1. The molecule has 24 heavy (non-hydrogen) atoms. The lowest BCUT2D eigenvalue weighted by atomic mass is 9.96. The SMILES string of the molecule is CCOc1cc(-c2c(C#N)c(N)[nH]c(=O)c2C#N)c(Br)c(Cl)c1O. The van der Waals surface area contributed by atoms with Gasteiger partial charge in [-0.05, 0) is 28.9 Å². The number of nitrogen functional groups attached to an aromatic ring is 1. The zero-order valence-corrected chi connectivity index (χ0v) is 14.6. The lowest BCUT2D eigenvalue weighted by molar-refractivity contribution is 0.318. The monoisotopic (exact) mass is 408 g/mol. The van der Waals surface area contributed by atoms with Crippen molar-refractivity contribution < 1.29 is 9.84 Å². The van der Waals surface area contributed by atoms with Crippen LogP contribution in [-0.2, 0) is 0 Å². The molecule has 0 aliphatic carbocycles. The van der Waals surface area contributed by atoms with Crippen molar-refractivity contribution in [1.82, 2.24) is 4.98 Å². The van der Waals surface area contributed by atoms with Crippen LogP contribution in [0.3, 0.4) is 0 Å². The van der Waals surface area contributed by atoms with Gasteiger partial charge in [0, 0.05) is 15.6 Å². The number of H-pyrrole nitrogens is 1. The first kappa shape index (κ1) is 17.7. The molecule has 4 N–H and O–H groups in total. The van der Waals surface area contributed by atoms with Crippen LogP contribution in [0.25, 0.3) is 11.1 Å². The van der Waals surface area contributed by atoms with Crippen molar-refractivity contribution >= 4 is 33.3 Å². The number of aromatic amines is 1. The first-order valence-electron chi connectivity index (χ1n) is 6.57. The molecule has 0 spiro atoms. The number of aromatic nitrogens is 1. The zero-order chi connectivity index (χ0) is 18.0. The van der Waals surface area contributed by atoms with Gasteiger partial charge in [0.2, 0.25) is 0 Å². The lowest BCUT2D eigenvalue weighted by Crippen LogP contribution is -2.16. The Morgan fingerprint density at radius 3 is 2.58 bits per heavy atom. The maximum atomic E-state index is 12.0. The highest BCUT2D eigenvalue weighted by atomic mass is 79.9.